The van der Waals surface area contributed by atoms with E-state index < -0.39 is 0 Å². The Bertz CT molecular complexity index is 864. The summed E-state index contributed by atoms with van der Waals surface area (Å²) in [5, 5.41) is 15.1. The molecule has 9 heteroatoms. The van der Waals surface area contributed by atoms with Crippen molar-refractivity contribution in [3.8, 4) is 0 Å². The molecule has 0 radical (unpaired) electrons. The third kappa shape index (κ3) is 4.99. The van der Waals surface area contributed by atoms with E-state index in [1.807, 2.05) is 42.5 Å². The minimum absolute atomic E-state index is 0.116. The highest BCUT2D eigenvalue weighted by Crippen LogP contribution is 2.27. The van der Waals surface area contributed by atoms with Gasteiger partial charge < -0.3 is 9.73 Å². The van der Waals surface area contributed by atoms with E-state index in [4.69, 9.17) is 4.42 Å². The number of hydrogen-bond donors (Lipinski definition) is 1. The number of anilines is 1. The van der Waals surface area contributed by atoms with Crippen LogP contribution in [0.2, 0.25) is 0 Å². The fraction of sp³-hybridized carbons (Fsp3) is 0.176. The number of hydrogen-bond acceptors (Lipinski definition) is 7. The maximum atomic E-state index is 12.3. The van der Waals surface area contributed by atoms with Gasteiger partial charge >= 0.3 is 0 Å². The molecule has 7 nitrogen and oxygen atoms in total. The number of para-hydroxylation sites is 1. The average Bonchev–Trinajstić information content (AvgIpc) is 3.32. The van der Waals surface area contributed by atoms with Crippen molar-refractivity contribution >= 4 is 35.1 Å². The number of nitrogens with zero attached hydrogens (tertiary/aromatic N) is 4. The van der Waals surface area contributed by atoms with Crippen molar-refractivity contribution in [3.05, 3.63) is 61.1 Å². The van der Waals surface area contributed by atoms with Gasteiger partial charge in [-0.25, -0.2) is 4.68 Å². The van der Waals surface area contributed by atoms with E-state index in [0.717, 1.165) is 22.1 Å². The predicted molar refractivity (Wildman–Crippen MR) is 102 cm³/mol. The quantitative estimate of drug-likeness (QED) is 0.445. The number of aromatic nitrogens is 4. The summed E-state index contributed by atoms with van der Waals surface area (Å²) in [6.07, 6.45) is 3.43. The molecule has 3 aromatic rings. The Kier molecular flexibility index (Phi) is 6.50. The van der Waals surface area contributed by atoms with Crippen LogP contribution in [0.15, 0.2) is 69.8 Å². The van der Waals surface area contributed by atoms with Gasteiger partial charge in [-0.3, -0.25) is 4.79 Å². The molecule has 0 aliphatic rings. The second kappa shape index (κ2) is 9.25. The molecule has 26 heavy (non-hydrogen) atoms. The van der Waals surface area contributed by atoms with Crippen molar-refractivity contribution in [1.82, 2.24) is 20.2 Å². The highest BCUT2D eigenvalue weighted by molar-refractivity contribution is 8.00. The van der Waals surface area contributed by atoms with Crippen LogP contribution in [0, 0.1) is 0 Å². The molecule has 2 heterocycles. The molecule has 0 unspecified atom stereocenters. The molecule has 0 atom stereocenters. The van der Waals surface area contributed by atoms with Gasteiger partial charge in [0, 0.05) is 10.6 Å². The zero-order chi connectivity index (χ0) is 18.2. The minimum Gasteiger partial charge on any atom is -0.467 e. The second-order valence-corrected chi connectivity index (χ2v) is 7.14. The van der Waals surface area contributed by atoms with Gasteiger partial charge in [0.25, 0.3) is 0 Å². The first kappa shape index (κ1) is 18.3. The molecule has 1 N–H and O–H groups in total. The predicted octanol–water partition coefficient (Wildman–Crippen LogP) is 3.32. The fourth-order valence-electron chi connectivity index (χ4n) is 2.11. The van der Waals surface area contributed by atoms with Crippen LogP contribution in [0.4, 0.5) is 5.69 Å². The van der Waals surface area contributed by atoms with Gasteiger partial charge in [-0.1, -0.05) is 30.0 Å². The van der Waals surface area contributed by atoms with Gasteiger partial charge in [0.05, 0.1) is 17.7 Å². The van der Waals surface area contributed by atoms with Crippen molar-refractivity contribution in [3.63, 3.8) is 0 Å². The van der Waals surface area contributed by atoms with Gasteiger partial charge in [0.15, 0.2) is 0 Å². The van der Waals surface area contributed by atoms with E-state index in [1.54, 1.807) is 22.7 Å². The lowest BCUT2D eigenvalue weighted by Crippen LogP contribution is -2.15. The maximum absolute atomic E-state index is 12.3. The number of tetrazole rings is 1. The van der Waals surface area contributed by atoms with Crippen LogP contribution < -0.4 is 5.32 Å². The maximum Gasteiger partial charge on any atom is 0.234 e. The smallest absolute Gasteiger partial charge is 0.234 e. The minimum atomic E-state index is -0.116. The molecule has 0 saturated heterocycles. The Hall–Kier alpha value is -2.52. The number of benzene rings is 1. The Balaban J connectivity index is 1.57. The summed E-state index contributed by atoms with van der Waals surface area (Å²) in [5.74, 6) is 1.62. The van der Waals surface area contributed by atoms with Gasteiger partial charge in [0.2, 0.25) is 11.1 Å². The van der Waals surface area contributed by atoms with Crippen LogP contribution >= 0.6 is 23.5 Å². The van der Waals surface area contributed by atoms with Crippen LogP contribution in [0.5, 0.6) is 0 Å². The van der Waals surface area contributed by atoms with Crippen LogP contribution in [0.1, 0.15) is 5.76 Å². The molecule has 0 spiro atoms. The van der Waals surface area contributed by atoms with Crippen molar-refractivity contribution in [1.29, 1.82) is 0 Å². The van der Waals surface area contributed by atoms with E-state index in [-0.39, 0.29) is 11.7 Å². The van der Waals surface area contributed by atoms with Crippen molar-refractivity contribution < 1.29 is 9.21 Å². The van der Waals surface area contributed by atoms with Crippen LogP contribution in [-0.2, 0) is 11.3 Å². The van der Waals surface area contributed by atoms with Crippen molar-refractivity contribution in [2.45, 2.75) is 16.6 Å². The zero-order valence-corrected chi connectivity index (χ0v) is 15.5. The zero-order valence-electron chi connectivity index (χ0n) is 13.9. The summed E-state index contributed by atoms with van der Waals surface area (Å²) < 4.78 is 6.90. The molecule has 3 rings (SSSR count). The topological polar surface area (TPSA) is 85.8 Å². The lowest BCUT2D eigenvalue weighted by molar-refractivity contribution is -0.113. The molecular formula is C17H17N5O2S2. The lowest BCUT2D eigenvalue weighted by Gasteiger charge is -2.09. The van der Waals surface area contributed by atoms with Gasteiger partial charge in [-0.15, -0.1) is 23.4 Å². The SMILES string of the molecule is C=CCSc1ccccc1NC(=O)CSc1nnnn1Cc1ccco1. The largest absolute Gasteiger partial charge is 0.467 e. The summed E-state index contributed by atoms with van der Waals surface area (Å²) in [6.45, 7) is 4.14. The first-order valence-corrected chi connectivity index (χ1v) is 9.77. The molecule has 2 aromatic heterocycles. The second-order valence-electron chi connectivity index (χ2n) is 5.13. The summed E-state index contributed by atoms with van der Waals surface area (Å²) >= 11 is 2.90. The standard InChI is InChI=1S/C17H17N5O2S2/c1-2-10-25-15-8-4-3-7-14(15)18-16(23)12-26-17-19-20-21-22(17)11-13-6-5-9-24-13/h2-9H,1,10-12H2,(H,18,23). The number of rotatable bonds is 9. The number of thioether (sulfide) groups is 2. The normalized spacial score (nSPS) is 10.6. The highest BCUT2D eigenvalue weighted by atomic mass is 32.2. The van der Waals surface area contributed by atoms with Crippen molar-refractivity contribution in [2.24, 2.45) is 0 Å². The Morgan fingerprint density at radius 3 is 2.96 bits per heavy atom. The first-order chi connectivity index (χ1) is 12.8. The van der Waals surface area contributed by atoms with Crippen LogP contribution in [0.25, 0.3) is 0 Å². The first-order valence-electron chi connectivity index (χ1n) is 7.80. The summed E-state index contributed by atoms with van der Waals surface area (Å²) in [6, 6.07) is 11.3. The average molecular weight is 387 g/mol. The Labute approximate surface area is 159 Å². The third-order valence-corrected chi connectivity index (χ3v) is 5.26. The number of amides is 1. The molecule has 134 valence electrons. The lowest BCUT2D eigenvalue weighted by atomic mass is 10.3. The van der Waals surface area contributed by atoms with Crippen LogP contribution in [0.3, 0.4) is 0 Å². The number of carbonyl (C=O) groups is 1. The third-order valence-electron chi connectivity index (χ3n) is 3.23. The molecule has 1 aromatic carbocycles. The molecule has 1 amide bonds. The molecule has 0 aliphatic heterocycles. The van der Waals surface area contributed by atoms with Crippen LogP contribution in [-0.4, -0.2) is 37.6 Å². The molecular weight excluding hydrogens is 370 g/mol. The van der Waals surface area contributed by atoms with Crippen molar-refractivity contribution in [2.75, 3.05) is 16.8 Å². The fourth-order valence-corrected chi connectivity index (χ4v) is 3.53. The van der Waals surface area contributed by atoms with E-state index >= 15 is 0 Å². The van der Waals surface area contributed by atoms with Gasteiger partial charge in [-0.05, 0) is 34.7 Å². The summed E-state index contributed by atoms with van der Waals surface area (Å²) in [4.78, 5) is 13.3. The molecule has 0 fully saturated rings. The molecule has 0 aliphatic carbocycles. The number of carbonyl (C=O) groups excluding carboxylic acids is 1. The van der Waals surface area contributed by atoms with E-state index in [1.165, 1.54) is 11.8 Å². The highest BCUT2D eigenvalue weighted by Gasteiger charge is 2.12. The summed E-state index contributed by atoms with van der Waals surface area (Å²) in [7, 11) is 0. The number of nitrogens with one attached hydrogen (secondary N) is 1. The Morgan fingerprint density at radius 1 is 1.27 bits per heavy atom. The monoisotopic (exact) mass is 387 g/mol. The molecule has 0 bridgehead atoms. The Morgan fingerprint density at radius 2 is 2.15 bits per heavy atom. The van der Waals surface area contributed by atoms with E-state index in [9.17, 15) is 4.79 Å². The molecule has 0 saturated carbocycles. The van der Waals surface area contributed by atoms with Gasteiger partial charge in [0.1, 0.15) is 12.3 Å². The van der Waals surface area contributed by atoms with E-state index in [2.05, 4.69) is 27.4 Å². The van der Waals surface area contributed by atoms with E-state index in [0.29, 0.717) is 11.7 Å². The number of furan rings is 1. The van der Waals surface area contributed by atoms with Gasteiger partial charge in [-0.2, -0.15) is 0 Å². The summed E-state index contributed by atoms with van der Waals surface area (Å²) in [5.41, 5.74) is 0.792.